The number of imide groups is 6. The summed E-state index contributed by atoms with van der Waals surface area (Å²) in [6.45, 7) is 3.43. The van der Waals surface area contributed by atoms with E-state index in [0.29, 0.717) is 34.1 Å². The molecule has 5 heterocycles. The maximum Gasteiger partial charge on any atom is 0.479 e. The Labute approximate surface area is 446 Å². The molecule has 5 aliphatic heterocycles. The normalized spacial score (nSPS) is 27.9. The lowest BCUT2D eigenvalue weighted by Gasteiger charge is -2.30. The van der Waals surface area contributed by atoms with Crippen LogP contribution in [0.2, 0.25) is 0 Å². The number of hydrogen-bond donors (Lipinski definition) is 7. The van der Waals surface area contributed by atoms with Gasteiger partial charge in [-0.15, -0.1) is 0 Å². The predicted octanol–water partition coefficient (Wildman–Crippen LogP) is 1.79. The van der Waals surface area contributed by atoms with Crippen LogP contribution in [-0.2, 0) is 42.9 Å². The number of ether oxygens (including phenoxy) is 6. The number of benzene rings is 2. The van der Waals surface area contributed by atoms with Gasteiger partial charge in [-0.25, -0.2) is 9.80 Å². The molecule has 3 saturated heterocycles. The zero-order chi connectivity index (χ0) is 61.7. The number of carbonyl (C=O) groups is 7. The molecule has 0 aromatic heterocycles. The molecule has 2 aromatic rings. The van der Waals surface area contributed by atoms with Gasteiger partial charge in [-0.3, -0.25) is 33.6 Å². The summed E-state index contributed by atoms with van der Waals surface area (Å²) >= 11 is 4.82. The Morgan fingerprint density at radius 1 is 0.743 bits per heavy atom. The highest BCUT2D eigenvalue weighted by molar-refractivity contribution is 6.63. The SMILES string of the molecule is CCC(=O)Cl.[2H]OCC1OC(C2C=C(C)C(=O)N(C(=O)c3ccc(OC)cc3)C2=O)CC1O.[2H]OCC1OC(C2C=C(C)C(=O)N(C(=O)c3ccc(OC)cc3)C2=O)CC1OCB(O)O.[2H]OCC1OC([3H])CC1O.[3H]C.[3H]C.[3H]C. The third kappa shape index (κ3) is 17.1. The van der Waals surface area contributed by atoms with Crippen molar-refractivity contribution < 1.29 is 103 Å². The van der Waals surface area contributed by atoms with Crippen LogP contribution in [0.1, 0.15) is 94.9 Å². The topological polar surface area (TPSA) is 323 Å². The van der Waals surface area contributed by atoms with Crippen molar-refractivity contribution in [2.24, 2.45) is 11.8 Å². The van der Waals surface area contributed by atoms with E-state index in [9.17, 15) is 38.7 Å². The number of halogens is 1. The third-order valence-corrected chi connectivity index (χ3v) is 11.8. The molecule has 6 amide bonds. The van der Waals surface area contributed by atoms with Gasteiger partial charge in [0.2, 0.25) is 21.4 Å². The third-order valence-electron chi connectivity index (χ3n) is 11.6. The Kier molecular flexibility index (Phi) is 23.5. The highest BCUT2D eigenvalue weighted by Gasteiger charge is 2.48. The molecule has 3 fully saturated rings. The summed E-state index contributed by atoms with van der Waals surface area (Å²) in [6.07, 6.45) is -1.71. The lowest BCUT2D eigenvalue weighted by molar-refractivity contribution is -0.147. The number of carbonyl (C=O) groups excluding carboxylic acids is 7. The first kappa shape index (κ1) is 55.0. The number of methoxy groups -OCH3 is 2. The summed E-state index contributed by atoms with van der Waals surface area (Å²) < 4.78 is 76.4. The lowest BCUT2D eigenvalue weighted by Crippen LogP contribution is -2.50. The molecule has 0 spiro atoms. The first-order chi connectivity index (χ1) is 38.6. The fourth-order valence-electron chi connectivity index (χ4n) is 7.64. The van der Waals surface area contributed by atoms with Gasteiger partial charge >= 0.3 is 7.12 Å². The Hall–Kier alpha value is -5.28. The maximum atomic E-state index is 13.2. The molecule has 7 rings (SSSR count). The highest BCUT2D eigenvalue weighted by Crippen LogP contribution is 2.35. The van der Waals surface area contributed by atoms with E-state index < -0.39 is 110 Å². The Bertz CT molecular complexity index is 2370. The second-order valence-corrected chi connectivity index (χ2v) is 16.9. The highest BCUT2D eigenvalue weighted by atomic mass is 35.5. The van der Waals surface area contributed by atoms with Gasteiger partial charge in [-0.2, -0.15) is 0 Å². The van der Waals surface area contributed by atoms with E-state index in [1.807, 2.05) is 0 Å². The van der Waals surface area contributed by atoms with Crippen molar-refractivity contribution in [2.45, 2.75) is 117 Å². The molecule has 11 unspecified atom stereocenters. The van der Waals surface area contributed by atoms with Crippen LogP contribution in [0.15, 0.2) is 71.8 Å². The molecule has 24 heteroatoms. The second-order valence-electron chi connectivity index (χ2n) is 16.4. The van der Waals surface area contributed by atoms with Gasteiger partial charge in [0.1, 0.15) is 29.8 Å². The van der Waals surface area contributed by atoms with E-state index in [0.717, 1.165) is 0 Å². The van der Waals surface area contributed by atoms with Gasteiger partial charge < -0.3 is 64.0 Å². The first-order valence-electron chi connectivity index (χ1n) is 27.1. The number of rotatable bonds is 16. The van der Waals surface area contributed by atoms with E-state index in [1.54, 1.807) is 31.2 Å². The van der Waals surface area contributed by atoms with Crippen molar-refractivity contribution in [2.75, 3.05) is 47.1 Å². The fraction of sp³-hybridized carbons (Fsp3) is 0.540. The Morgan fingerprint density at radius 2 is 1.16 bits per heavy atom. The number of amides is 6. The predicted molar refractivity (Wildman–Crippen MR) is 268 cm³/mol. The van der Waals surface area contributed by atoms with Crippen LogP contribution in [0.3, 0.4) is 0 Å². The van der Waals surface area contributed by atoms with Crippen molar-refractivity contribution in [1.29, 1.82) is 4.29 Å². The van der Waals surface area contributed by atoms with Gasteiger partial charge in [-0.1, -0.05) is 41.3 Å². The number of nitrogens with zero attached hydrogens (tertiary/aromatic N) is 2. The minimum absolute atomic E-state index is 0.0382. The standard InChI is InChI=1S/C20H24BNO9.C19H21NO7.C5H10O3.C3H5ClO.3CH4/c1-11-7-14(15-8-16(17(9-23)31-15)30-10-21(27)28)20(26)22(18(11)24)19(25)12-3-5-13(29-2)6-4-12;1-10-7-13(15-8-14(22)16(9-21)27-15)19(25)20(17(10)23)18(24)11-3-5-12(26-2)6-4-11;6-3-5-4(7)1-2-8-5;1-2-3(4)5;;;/h3-7,14-17,23,27-28H,8-10H2,1-2H3;3-7,13-16,21-22H,8-9H2,1-2H3;4-7H,1-3H2;2H2,1H3;3*1H4/i23D;21D;2T,6D;;3*1T. The lowest BCUT2D eigenvalue weighted by atomic mass is 9.90. The van der Waals surface area contributed by atoms with E-state index in [1.165, 1.54) is 86.7 Å². The quantitative estimate of drug-likeness (QED) is 0.0716. The van der Waals surface area contributed by atoms with Gasteiger partial charge in [0, 0.05) is 52.2 Å². The van der Waals surface area contributed by atoms with Crippen molar-refractivity contribution >= 4 is 59.4 Å². The van der Waals surface area contributed by atoms with Crippen LogP contribution >= 0.6 is 11.6 Å². The van der Waals surface area contributed by atoms with Crippen LogP contribution in [0.25, 0.3) is 0 Å². The second kappa shape index (κ2) is 31.6. The Balaban J connectivity index is 0.000000604. The largest absolute Gasteiger partial charge is 0.497 e. The summed E-state index contributed by atoms with van der Waals surface area (Å²) in [7, 11) is 5.02. The van der Waals surface area contributed by atoms with Gasteiger partial charge in [0.15, 0.2) is 0 Å². The summed E-state index contributed by atoms with van der Waals surface area (Å²) in [6, 6.07) is 12.1. The molecule has 0 radical (unpaired) electrons. The molecule has 22 nitrogen and oxygen atoms in total. The first-order valence-corrected chi connectivity index (χ1v) is 22.7. The molecule has 74 heavy (non-hydrogen) atoms. The molecule has 412 valence electrons. The zero-order valence-corrected chi connectivity index (χ0v) is 43.2. The molecular weight excluding hydrogens is 995 g/mol. The summed E-state index contributed by atoms with van der Waals surface area (Å²) in [5.41, 5.74) is 0.768. The minimum atomic E-state index is -1.69. The van der Waals surface area contributed by atoms with Gasteiger partial charge in [0.25, 0.3) is 23.6 Å². The van der Waals surface area contributed by atoms with Crippen LogP contribution in [0.4, 0.5) is 0 Å². The number of aliphatic hydroxyl groups excluding tert-OH is 5. The van der Waals surface area contributed by atoms with E-state index in [4.69, 9.17) is 65.0 Å². The van der Waals surface area contributed by atoms with Gasteiger partial charge in [-0.05, 0) is 80.4 Å². The molecule has 11 atom stereocenters. The minimum Gasteiger partial charge on any atom is -0.497 e. The van der Waals surface area contributed by atoms with E-state index in [2.05, 4.69) is 15.3 Å². The average Bonchev–Trinajstić information content (AvgIpc) is 4.35. The molecule has 0 saturated carbocycles. The Morgan fingerprint density at radius 3 is 1.55 bits per heavy atom. The maximum absolute atomic E-state index is 13.2. The zero-order valence-electron chi connectivity index (χ0n) is 49.5. The van der Waals surface area contributed by atoms with Crippen LogP contribution in [-0.4, -0.2) is 193 Å². The molecular formula is C50H72BClN2O20. The summed E-state index contributed by atoms with van der Waals surface area (Å²) in [5, 5.41) is 49.7. The molecule has 2 aromatic carbocycles. The smallest absolute Gasteiger partial charge is 0.479 e. The van der Waals surface area contributed by atoms with Crippen molar-refractivity contribution in [1.82, 2.24) is 9.80 Å². The average molecular weight is 1080 g/mol. The van der Waals surface area contributed by atoms with Crippen LogP contribution in [0, 0.1) is 11.8 Å². The molecule has 7 N–H and O–H groups in total. The molecule has 5 aliphatic rings. The van der Waals surface area contributed by atoms with Crippen LogP contribution in [0.5, 0.6) is 11.5 Å². The van der Waals surface area contributed by atoms with Gasteiger partial charge in [0.05, 0.1) is 84.3 Å². The van der Waals surface area contributed by atoms with Crippen LogP contribution < -0.4 is 9.47 Å². The van der Waals surface area contributed by atoms with Crippen molar-refractivity contribution in [3.05, 3.63) is 83.0 Å². The molecule has 0 aliphatic carbocycles. The fourth-order valence-corrected chi connectivity index (χ4v) is 7.64. The monoisotopic (exact) mass is 1080 g/mol. The summed E-state index contributed by atoms with van der Waals surface area (Å²) in [4.78, 5) is 88.0. The van der Waals surface area contributed by atoms with Crippen molar-refractivity contribution in [3.63, 3.8) is 0 Å². The molecule has 0 bridgehead atoms. The number of aliphatic hydroxyl groups is 5. The summed E-state index contributed by atoms with van der Waals surface area (Å²) in [5.74, 6) is -5.13. The van der Waals surface area contributed by atoms with E-state index >= 15 is 0 Å². The van der Waals surface area contributed by atoms with Crippen molar-refractivity contribution in [3.8, 4) is 11.5 Å². The van der Waals surface area contributed by atoms with E-state index in [-0.39, 0.29) is 66.7 Å². The number of hydrogen-bond acceptors (Lipinski definition) is 20.